The Morgan fingerprint density at radius 1 is 1.29 bits per heavy atom. The number of halogens is 1. The van der Waals surface area contributed by atoms with Crippen LogP contribution in [-0.2, 0) is 0 Å². The monoisotopic (exact) mass is 299 g/mol. The number of rotatable bonds is 5. The summed E-state index contributed by atoms with van der Waals surface area (Å²) in [6.45, 7) is 9.23. The fourth-order valence-electron chi connectivity index (χ4n) is 1.76. The van der Waals surface area contributed by atoms with Crippen molar-refractivity contribution in [3.8, 4) is 5.75 Å². The number of benzene rings is 1. The van der Waals surface area contributed by atoms with E-state index in [0.29, 0.717) is 18.4 Å². The third kappa shape index (κ3) is 3.71. The number of nitrogens with two attached hydrogens (primary N) is 1. The third-order valence-electron chi connectivity index (χ3n) is 3.25. The van der Waals surface area contributed by atoms with Gasteiger partial charge in [-0.15, -0.1) is 0 Å². The molecule has 1 rings (SSSR count). The molecule has 0 heterocycles. The molecule has 0 aliphatic heterocycles. The Balaban J connectivity index is 3.05. The van der Waals surface area contributed by atoms with Gasteiger partial charge in [-0.05, 0) is 37.0 Å². The Bertz CT molecular complexity index is 365. The average molecular weight is 300 g/mol. The quantitative estimate of drug-likeness (QED) is 0.887. The molecule has 1 aromatic rings. The van der Waals surface area contributed by atoms with Crippen molar-refractivity contribution < 1.29 is 4.74 Å². The molecule has 1 aromatic carbocycles. The van der Waals surface area contributed by atoms with Crippen molar-refractivity contribution in [3.05, 3.63) is 28.2 Å². The topological polar surface area (TPSA) is 35.2 Å². The van der Waals surface area contributed by atoms with E-state index in [4.69, 9.17) is 10.5 Å². The van der Waals surface area contributed by atoms with Crippen molar-refractivity contribution in [3.63, 3.8) is 0 Å². The molecule has 0 fully saturated rings. The first-order valence-corrected chi connectivity index (χ1v) is 6.94. The normalized spacial score (nSPS) is 14.8. The molecule has 0 saturated heterocycles. The fraction of sp³-hybridized carbons (Fsp3) is 0.571. The second kappa shape index (κ2) is 6.41. The summed E-state index contributed by atoms with van der Waals surface area (Å²) in [5.74, 6) is 1.87. The van der Waals surface area contributed by atoms with E-state index < -0.39 is 0 Å². The van der Waals surface area contributed by atoms with Crippen LogP contribution in [0.2, 0.25) is 0 Å². The summed E-state index contributed by atoms with van der Waals surface area (Å²) < 4.78 is 6.69. The van der Waals surface area contributed by atoms with Crippen molar-refractivity contribution in [2.24, 2.45) is 17.6 Å². The minimum Gasteiger partial charge on any atom is -0.494 e. The van der Waals surface area contributed by atoms with Crippen LogP contribution in [0.15, 0.2) is 22.7 Å². The van der Waals surface area contributed by atoms with Gasteiger partial charge in [0.25, 0.3) is 0 Å². The molecule has 0 aliphatic carbocycles. The maximum Gasteiger partial charge on any atom is 0.124 e. The van der Waals surface area contributed by atoms with E-state index in [1.807, 2.05) is 19.1 Å². The van der Waals surface area contributed by atoms with E-state index in [-0.39, 0.29) is 6.04 Å². The molecule has 17 heavy (non-hydrogen) atoms. The zero-order valence-corrected chi connectivity index (χ0v) is 12.6. The summed E-state index contributed by atoms with van der Waals surface area (Å²) in [5.41, 5.74) is 7.42. The Morgan fingerprint density at radius 2 is 1.94 bits per heavy atom. The first-order chi connectivity index (χ1) is 7.97. The smallest absolute Gasteiger partial charge is 0.124 e. The second-order valence-corrected chi connectivity index (χ2v) is 5.66. The minimum atomic E-state index is 0.00838. The summed E-state index contributed by atoms with van der Waals surface area (Å²) in [5, 5.41) is 0. The van der Waals surface area contributed by atoms with Crippen LogP contribution < -0.4 is 10.5 Å². The zero-order chi connectivity index (χ0) is 13.0. The van der Waals surface area contributed by atoms with Crippen molar-refractivity contribution >= 4 is 15.9 Å². The van der Waals surface area contributed by atoms with Crippen LogP contribution in [0.3, 0.4) is 0 Å². The Kier molecular flexibility index (Phi) is 5.47. The van der Waals surface area contributed by atoms with Crippen LogP contribution in [0.1, 0.15) is 39.3 Å². The predicted molar refractivity (Wildman–Crippen MR) is 76.2 cm³/mol. The molecule has 0 saturated carbocycles. The van der Waals surface area contributed by atoms with Crippen LogP contribution >= 0.6 is 15.9 Å². The number of ether oxygens (including phenoxy) is 1. The Morgan fingerprint density at radius 3 is 2.47 bits per heavy atom. The van der Waals surface area contributed by atoms with Gasteiger partial charge in [-0.2, -0.15) is 0 Å². The molecule has 2 nitrogen and oxygen atoms in total. The molecule has 0 amide bonds. The van der Waals surface area contributed by atoms with Gasteiger partial charge in [0, 0.05) is 16.1 Å². The van der Waals surface area contributed by atoms with Crippen molar-refractivity contribution in [1.82, 2.24) is 0 Å². The van der Waals surface area contributed by atoms with Crippen LogP contribution in [0, 0.1) is 11.8 Å². The molecular formula is C14H22BrNO. The molecule has 0 aromatic heterocycles. The van der Waals surface area contributed by atoms with Gasteiger partial charge in [-0.3, -0.25) is 0 Å². The van der Waals surface area contributed by atoms with E-state index in [2.05, 4.69) is 42.8 Å². The highest BCUT2D eigenvalue weighted by atomic mass is 79.9. The van der Waals surface area contributed by atoms with Crippen molar-refractivity contribution in [1.29, 1.82) is 0 Å². The van der Waals surface area contributed by atoms with Gasteiger partial charge >= 0.3 is 0 Å². The van der Waals surface area contributed by atoms with Gasteiger partial charge in [0.2, 0.25) is 0 Å². The number of hydrogen-bond donors (Lipinski definition) is 1. The summed E-state index contributed by atoms with van der Waals surface area (Å²) in [6.07, 6.45) is 0. The molecule has 2 N–H and O–H groups in total. The lowest BCUT2D eigenvalue weighted by atomic mass is 9.86. The van der Waals surface area contributed by atoms with Gasteiger partial charge < -0.3 is 10.5 Å². The molecular weight excluding hydrogens is 278 g/mol. The standard InChI is InChI=1S/C14H22BrNO/c1-5-17-13-7-6-11(15)8-12(13)14(16)10(4)9(2)3/h6-10,14H,5,16H2,1-4H3. The lowest BCUT2D eigenvalue weighted by molar-refractivity contribution is 0.313. The fourth-order valence-corrected chi connectivity index (χ4v) is 2.14. The molecule has 0 radical (unpaired) electrons. The second-order valence-electron chi connectivity index (χ2n) is 4.74. The molecule has 0 aliphatic rings. The van der Waals surface area contributed by atoms with Crippen LogP contribution in [0.4, 0.5) is 0 Å². The van der Waals surface area contributed by atoms with E-state index in [0.717, 1.165) is 15.8 Å². The lowest BCUT2D eigenvalue weighted by Crippen LogP contribution is -2.23. The number of hydrogen-bond acceptors (Lipinski definition) is 2. The highest BCUT2D eigenvalue weighted by molar-refractivity contribution is 9.10. The highest BCUT2D eigenvalue weighted by Gasteiger charge is 2.21. The molecule has 2 atom stereocenters. The summed E-state index contributed by atoms with van der Waals surface area (Å²) in [4.78, 5) is 0. The zero-order valence-electron chi connectivity index (χ0n) is 11.0. The van der Waals surface area contributed by atoms with Crippen molar-refractivity contribution in [2.45, 2.75) is 33.7 Å². The van der Waals surface area contributed by atoms with E-state index in [9.17, 15) is 0 Å². The maximum atomic E-state index is 6.34. The van der Waals surface area contributed by atoms with Gasteiger partial charge in [0.15, 0.2) is 0 Å². The first-order valence-electron chi connectivity index (χ1n) is 6.15. The molecule has 2 unspecified atom stereocenters. The van der Waals surface area contributed by atoms with Crippen LogP contribution in [0.5, 0.6) is 5.75 Å². The summed E-state index contributed by atoms with van der Waals surface area (Å²) in [6, 6.07) is 6.04. The molecule has 0 bridgehead atoms. The van der Waals surface area contributed by atoms with Gasteiger partial charge in [0.05, 0.1) is 6.61 Å². The molecule has 3 heteroatoms. The van der Waals surface area contributed by atoms with E-state index in [1.165, 1.54) is 0 Å². The summed E-state index contributed by atoms with van der Waals surface area (Å²) >= 11 is 3.49. The molecule has 0 spiro atoms. The van der Waals surface area contributed by atoms with Crippen LogP contribution in [-0.4, -0.2) is 6.61 Å². The Labute approximate surface area is 113 Å². The van der Waals surface area contributed by atoms with Crippen LogP contribution in [0.25, 0.3) is 0 Å². The lowest BCUT2D eigenvalue weighted by Gasteiger charge is -2.25. The highest BCUT2D eigenvalue weighted by Crippen LogP contribution is 2.33. The Hall–Kier alpha value is -0.540. The summed E-state index contributed by atoms with van der Waals surface area (Å²) in [7, 11) is 0. The SMILES string of the molecule is CCOc1ccc(Br)cc1C(N)C(C)C(C)C. The largest absolute Gasteiger partial charge is 0.494 e. The average Bonchev–Trinajstić information content (AvgIpc) is 2.29. The predicted octanol–water partition coefficient (Wildman–Crippen LogP) is 4.14. The van der Waals surface area contributed by atoms with Gasteiger partial charge in [-0.1, -0.05) is 36.7 Å². The first kappa shape index (κ1) is 14.5. The third-order valence-corrected chi connectivity index (χ3v) is 3.74. The van der Waals surface area contributed by atoms with Gasteiger partial charge in [0.1, 0.15) is 5.75 Å². The maximum absolute atomic E-state index is 6.34. The van der Waals surface area contributed by atoms with Gasteiger partial charge in [-0.25, -0.2) is 0 Å². The minimum absolute atomic E-state index is 0.00838. The van der Waals surface area contributed by atoms with Crippen molar-refractivity contribution in [2.75, 3.05) is 6.61 Å². The van der Waals surface area contributed by atoms with E-state index in [1.54, 1.807) is 0 Å². The van der Waals surface area contributed by atoms with E-state index >= 15 is 0 Å². The molecule has 96 valence electrons.